The quantitative estimate of drug-likeness (QED) is 0.799. The van der Waals surface area contributed by atoms with Crippen LogP contribution >= 0.6 is 11.8 Å². The third-order valence-corrected chi connectivity index (χ3v) is 3.32. The van der Waals surface area contributed by atoms with Crippen molar-refractivity contribution in [1.29, 1.82) is 0 Å². The van der Waals surface area contributed by atoms with Crippen molar-refractivity contribution in [3.05, 3.63) is 5.82 Å². The Bertz CT molecular complexity index is 440. The smallest absolute Gasteiger partial charge is 0.322 e. The first-order valence-electron chi connectivity index (χ1n) is 4.52. The lowest BCUT2D eigenvalue weighted by Crippen LogP contribution is -2.28. The molecule has 0 radical (unpaired) electrons. The van der Waals surface area contributed by atoms with Gasteiger partial charge in [-0.2, -0.15) is 9.78 Å². The number of carbonyl (C=O) groups is 1. The fourth-order valence-electron chi connectivity index (χ4n) is 1.32. The summed E-state index contributed by atoms with van der Waals surface area (Å²) in [5.41, 5.74) is 0.564. The summed E-state index contributed by atoms with van der Waals surface area (Å²) < 4.78 is 1.61. The molecule has 1 aromatic heterocycles. The number of thioether (sulfide) groups is 1. The van der Waals surface area contributed by atoms with E-state index in [-0.39, 0.29) is 0 Å². The highest BCUT2D eigenvalue weighted by Gasteiger charge is 2.30. The van der Waals surface area contributed by atoms with Gasteiger partial charge in [0.25, 0.3) is 0 Å². The van der Waals surface area contributed by atoms with Crippen LogP contribution in [0, 0.1) is 0 Å². The molecule has 0 spiro atoms. The number of rotatable bonds is 2. The Morgan fingerprint density at radius 2 is 2.33 bits per heavy atom. The zero-order valence-corrected chi connectivity index (χ0v) is 9.15. The number of carboxylic acid groups (broad SMARTS) is 1. The minimum absolute atomic E-state index is 0.546. The maximum absolute atomic E-state index is 10.9. The van der Waals surface area contributed by atoms with Gasteiger partial charge in [-0.15, -0.1) is 10.2 Å². The van der Waals surface area contributed by atoms with Crippen LogP contribution < -0.4 is 0 Å². The van der Waals surface area contributed by atoms with E-state index in [2.05, 4.69) is 15.3 Å². The molecule has 0 bridgehead atoms. The lowest BCUT2D eigenvalue weighted by molar-refractivity contribution is -0.135. The van der Waals surface area contributed by atoms with E-state index in [1.54, 1.807) is 11.6 Å². The van der Waals surface area contributed by atoms with Gasteiger partial charge >= 0.3 is 5.97 Å². The largest absolute Gasteiger partial charge is 0.480 e. The molecule has 1 aromatic rings. The van der Waals surface area contributed by atoms with Crippen molar-refractivity contribution < 1.29 is 9.90 Å². The van der Waals surface area contributed by atoms with Crippen molar-refractivity contribution in [3.8, 4) is 0 Å². The monoisotopic (exact) mass is 226 g/mol. The molecule has 6 nitrogen and oxygen atoms in total. The summed E-state index contributed by atoms with van der Waals surface area (Å²) in [7, 11) is 0. The van der Waals surface area contributed by atoms with Crippen LogP contribution in [0.5, 0.6) is 0 Å². The highest BCUT2D eigenvalue weighted by atomic mass is 32.2. The molecule has 0 fully saturated rings. The van der Waals surface area contributed by atoms with Crippen molar-refractivity contribution in [2.45, 2.75) is 30.7 Å². The van der Waals surface area contributed by atoms with Gasteiger partial charge in [0.15, 0.2) is 5.82 Å². The topological polar surface area (TPSA) is 80.4 Å². The summed E-state index contributed by atoms with van der Waals surface area (Å²) in [5.74, 6) is -0.144. The van der Waals surface area contributed by atoms with Crippen LogP contribution in [0.3, 0.4) is 0 Å². The van der Waals surface area contributed by atoms with Crippen LogP contribution in [-0.4, -0.2) is 36.9 Å². The van der Waals surface area contributed by atoms with Crippen molar-refractivity contribution in [1.82, 2.24) is 14.9 Å². The SMILES string of the molecule is CCc1nnc2n1N=C(C)[C@@H](C(=O)O)S2. The molecule has 15 heavy (non-hydrogen) atoms. The van der Waals surface area contributed by atoms with Crippen LogP contribution in [0.1, 0.15) is 19.7 Å². The standard InChI is InChI=1S/C8H10N4O2S/c1-3-5-9-10-8-12(5)11-4(2)6(15-8)7(13)14/h6H,3H2,1-2H3,(H,13,14)/t6-/m0/s1. The Morgan fingerprint density at radius 3 is 2.93 bits per heavy atom. The third-order valence-electron chi connectivity index (χ3n) is 2.08. The van der Waals surface area contributed by atoms with Crippen LogP contribution in [0.15, 0.2) is 10.3 Å². The van der Waals surface area contributed by atoms with Crippen molar-refractivity contribution >= 4 is 23.4 Å². The van der Waals surface area contributed by atoms with E-state index in [1.807, 2.05) is 6.92 Å². The zero-order chi connectivity index (χ0) is 11.0. The molecule has 1 N–H and O–H groups in total. The van der Waals surface area contributed by atoms with Gasteiger partial charge in [0.1, 0.15) is 5.25 Å². The van der Waals surface area contributed by atoms with E-state index in [4.69, 9.17) is 5.11 Å². The maximum Gasteiger partial charge on any atom is 0.322 e. The lowest BCUT2D eigenvalue weighted by atomic mass is 10.3. The average Bonchev–Trinajstić information content (AvgIpc) is 2.58. The van der Waals surface area contributed by atoms with Crippen molar-refractivity contribution in [3.63, 3.8) is 0 Å². The minimum atomic E-state index is -0.895. The van der Waals surface area contributed by atoms with Crippen LogP contribution in [0.2, 0.25) is 0 Å². The second-order valence-corrected chi connectivity index (χ2v) is 4.21. The Kier molecular flexibility index (Phi) is 2.47. The minimum Gasteiger partial charge on any atom is -0.480 e. The number of carboxylic acids is 1. The molecule has 1 aliphatic heterocycles. The number of hydrogen-bond acceptors (Lipinski definition) is 5. The van der Waals surface area contributed by atoms with Gasteiger partial charge in [0, 0.05) is 6.42 Å². The normalized spacial score (nSPS) is 19.6. The first-order valence-corrected chi connectivity index (χ1v) is 5.40. The molecule has 1 aliphatic rings. The second kappa shape index (κ2) is 3.65. The van der Waals surface area contributed by atoms with E-state index >= 15 is 0 Å². The number of nitrogens with zero attached hydrogens (tertiary/aromatic N) is 4. The Balaban J connectivity index is 2.42. The Hall–Kier alpha value is -1.37. The maximum atomic E-state index is 10.9. The number of fused-ring (bicyclic) bond motifs is 1. The Morgan fingerprint density at radius 1 is 1.60 bits per heavy atom. The fourth-order valence-corrected chi connectivity index (χ4v) is 2.18. The van der Waals surface area contributed by atoms with E-state index in [0.29, 0.717) is 10.9 Å². The van der Waals surface area contributed by atoms with Gasteiger partial charge in [-0.3, -0.25) is 4.79 Å². The molecule has 80 valence electrons. The molecule has 0 aliphatic carbocycles. The van der Waals surface area contributed by atoms with Gasteiger partial charge in [-0.1, -0.05) is 18.7 Å². The fraction of sp³-hybridized carbons (Fsp3) is 0.500. The van der Waals surface area contributed by atoms with E-state index < -0.39 is 11.2 Å². The summed E-state index contributed by atoms with van der Waals surface area (Å²) in [5, 5.41) is 20.9. The van der Waals surface area contributed by atoms with Gasteiger partial charge < -0.3 is 5.11 Å². The van der Waals surface area contributed by atoms with Crippen molar-refractivity contribution in [2.75, 3.05) is 0 Å². The number of aromatic nitrogens is 3. The summed E-state index contributed by atoms with van der Waals surface area (Å²) in [4.78, 5) is 10.9. The van der Waals surface area contributed by atoms with Crippen LogP contribution in [0.25, 0.3) is 0 Å². The number of aryl methyl sites for hydroxylation is 1. The van der Waals surface area contributed by atoms with Gasteiger partial charge in [0.05, 0.1) is 5.71 Å². The molecule has 0 saturated carbocycles. The van der Waals surface area contributed by atoms with Crippen molar-refractivity contribution in [2.24, 2.45) is 5.10 Å². The molecule has 2 rings (SSSR count). The molecule has 0 unspecified atom stereocenters. The molecular weight excluding hydrogens is 216 g/mol. The zero-order valence-electron chi connectivity index (χ0n) is 8.34. The summed E-state index contributed by atoms with van der Waals surface area (Å²) in [6.45, 7) is 3.66. The van der Waals surface area contributed by atoms with Gasteiger partial charge in [-0.25, -0.2) is 0 Å². The predicted octanol–water partition coefficient (Wildman–Crippen LogP) is 0.623. The molecular formula is C8H10N4O2S. The highest BCUT2D eigenvalue weighted by Crippen LogP contribution is 2.28. The molecule has 7 heteroatoms. The van der Waals surface area contributed by atoms with E-state index in [1.165, 1.54) is 11.8 Å². The van der Waals surface area contributed by atoms with Gasteiger partial charge in [-0.05, 0) is 6.92 Å². The van der Waals surface area contributed by atoms with Gasteiger partial charge in [0.2, 0.25) is 5.16 Å². The average molecular weight is 226 g/mol. The second-order valence-electron chi connectivity index (χ2n) is 3.14. The van der Waals surface area contributed by atoms with Crippen LogP contribution in [0.4, 0.5) is 0 Å². The molecule has 0 saturated heterocycles. The van der Waals surface area contributed by atoms with E-state index in [9.17, 15) is 4.79 Å². The summed E-state index contributed by atoms with van der Waals surface area (Å²) in [6.07, 6.45) is 0.724. The first kappa shape index (κ1) is 10.2. The Labute approximate surface area is 90.4 Å². The number of hydrogen-bond donors (Lipinski definition) is 1. The summed E-state index contributed by atoms with van der Waals surface area (Å²) in [6, 6.07) is 0. The molecule has 2 heterocycles. The molecule has 0 aromatic carbocycles. The van der Waals surface area contributed by atoms with Crippen LogP contribution in [-0.2, 0) is 11.2 Å². The summed E-state index contributed by atoms with van der Waals surface area (Å²) >= 11 is 1.17. The molecule has 1 atom stereocenters. The highest BCUT2D eigenvalue weighted by molar-refractivity contribution is 8.01. The number of aliphatic carboxylic acids is 1. The van der Waals surface area contributed by atoms with E-state index in [0.717, 1.165) is 12.2 Å². The third kappa shape index (κ3) is 1.63. The first-order chi connectivity index (χ1) is 7.13. The lowest BCUT2D eigenvalue weighted by Gasteiger charge is -2.16. The molecule has 0 amide bonds. The predicted molar refractivity (Wildman–Crippen MR) is 55.2 cm³/mol.